The largest absolute Gasteiger partial charge is 0.481 e. The molecule has 1 saturated carbocycles. The molecule has 0 aromatic heterocycles. The van der Waals surface area contributed by atoms with E-state index in [2.05, 4.69) is 6.92 Å². The Hall–Kier alpha value is -1.01. The van der Waals surface area contributed by atoms with E-state index in [1.54, 1.807) is 13.0 Å². The van der Waals surface area contributed by atoms with Crippen molar-refractivity contribution in [2.24, 2.45) is 11.3 Å². The number of alkyl halides is 2. The normalized spacial score (nSPS) is 27.5. The van der Waals surface area contributed by atoms with Gasteiger partial charge in [-0.15, -0.1) is 0 Å². The van der Waals surface area contributed by atoms with E-state index in [0.29, 0.717) is 38.5 Å². The summed E-state index contributed by atoms with van der Waals surface area (Å²) < 4.78 is 28.3. The number of carbonyl (C=O) groups is 1. The van der Waals surface area contributed by atoms with Gasteiger partial charge in [0.15, 0.2) is 0 Å². The summed E-state index contributed by atoms with van der Waals surface area (Å²) in [5.74, 6) is -1.38. The quantitative estimate of drug-likeness (QED) is 0.270. The summed E-state index contributed by atoms with van der Waals surface area (Å²) in [5, 5.41) is 29.6. The van der Waals surface area contributed by atoms with Gasteiger partial charge in [-0.1, -0.05) is 38.3 Å². The third kappa shape index (κ3) is 7.78. The topological polar surface area (TPSA) is 77.8 Å². The lowest BCUT2D eigenvalue weighted by Crippen LogP contribution is -2.39. The molecule has 0 aliphatic heterocycles. The predicted molar refractivity (Wildman–Crippen MR) is 106 cm³/mol. The Bertz CT molecular complexity index is 493. The first-order valence-corrected chi connectivity index (χ1v) is 10.7. The first-order valence-electron chi connectivity index (χ1n) is 10.7. The molecule has 0 bridgehead atoms. The van der Waals surface area contributed by atoms with Gasteiger partial charge in [-0.2, -0.15) is 0 Å². The molecule has 1 fully saturated rings. The molecule has 28 heavy (non-hydrogen) atoms. The van der Waals surface area contributed by atoms with Gasteiger partial charge in [0.25, 0.3) is 0 Å². The van der Waals surface area contributed by atoms with Gasteiger partial charge in [-0.25, -0.2) is 8.78 Å². The Morgan fingerprint density at radius 1 is 1.25 bits per heavy atom. The Labute approximate surface area is 168 Å². The highest BCUT2D eigenvalue weighted by atomic mass is 19.3. The zero-order valence-electron chi connectivity index (χ0n) is 17.4. The van der Waals surface area contributed by atoms with Gasteiger partial charge >= 0.3 is 5.97 Å². The standard InChI is InChI=1S/C22H38F2O4/c1-3-4-9-13-21(2,28)15-16-22(20(23)24)14-12-18(25)17(22)10-7-5-6-8-11-19(26)27/h5,7,17-18,20,25,28H,3-4,6,8-16H2,1-2H3,(H,26,27)/t17-,18-,21?,22-/m0/s1. The predicted octanol–water partition coefficient (Wildman–Crippen LogP) is 5.32. The van der Waals surface area contributed by atoms with Crippen LogP contribution in [0.5, 0.6) is 0 Å². The number of carboxylic acids is 1. The minimum atomic E-state index is -2.54. The summed E-state index contributed by atoms with van der Waals surface area (Å²) in [5.41, 5.74) is -2.22. The Balaban J connectivity index is 2.69. The number of allylic oxidation sites excluding steroid dienone is 2. The van der Waals surface area contributed by atoms with Crippen molar-refractivity contribution in [3.63, 3.8) is 0 Å². The van der Waals surface area contributed by atoms with Crippen molar-refractivity contribution in [2.45, 2.75) is 109 Å². The average Bonchev–Trinajstić information content (AvgIpc) is 2.93. The van der Waals surface area contributed by atoms with Crippen LogP contribution in [0.15, 0.2) is 12.2 Å². The molecule has 0 radical (unpaired) electrons. The van der Waals surface area contributed by atoms with E-state index in [0.717, 1.165) is 19.3 Å². The van der Waals surface area contributed by atoms with Crippen LogP contribution in [0.25, 0.3) is 0 Å². The van der Waals surface area contributed by atoms with Crippen LogP contribution in [0.1, 0.15) is 90.9 Å². The van der Waals surface area contributed by atoms with Gasteiger partial charge in [0.1, 0.15) is 0 Å². The van der Waals surface area contributed by atoms with Crippen molar-refractivity contribution in [3.05, 3.63) is 12.2 Å². The van der Waals surface area contributed by atoms with Gasteiger partial charge in [0.05, 0.1) is 11.7 Å². The van der Waals surface area contributed by atoms with E-state index in [-0.39, 0.29) is 19.3 Å². The molecular weight excluding hydrogens is 366 g/mol. The van der Waals surface area contributed by atoms with Crippen molar-refractivity contribution in [2.75, 3.05) is 0 Å². The van der Waals surface area contributed by atoms with Crippen LogP contribution < -0.4 is 0 Å². The van der Waals surface area contributed by atoms with Gasteiger partial charge in [-0.3, -0.25) is 4.79 Å². The molecule has 0 amide bonds. The van der Waals surface area contributed by atoms with Crippen molar-refractivity contribution in [1.29, 1.82) is 0 Å². The van der Waals surface area contributed by atoms with Gasteiger partial charge in [-0.05, 0) is 64.2 Å². The highest BCUT2D eigenvalue weighted by Crippen LogP contribution is 2.53. The smallest absolute Gasteiger partial charge is 0.303 e. The number of hydrogen-bond acceptors (Lipinski definition) is 3. The summed E-state index contributed by atoms with van der Waals surface area (Å²) in [6.45, 7) is 3.81. The molecule has 1 aliphatic rings. The molecule has 1 rings (SSSR count). The molecule has 0 heterocycles. The Kier molecular flexibility index (Phi) is 10.6. The first kappa shape index (κ1) is 25.0. The zero-order valence-corrected chi connectivity index (χ0v) is 17.4. The van der Waals surface area contributed by atoms with Crippen molar-refractivity contribution in [1.82, 2.24) is 0 Å². The molecule has 3 N–H and O–H groups in total. The third-order valence-corrected chi connectivity index (χ3v) is 6.31. The van der Waals surface area contributed by atoms with Crippen LogP contribution in [-0.4, -0.2) is 39.4 Å². The summed E-state index contributed by atoms with van der Waals surface area (Å²) in [4.78, 5) is 10.5. The lowest BCUT2D eigenvalue weighted by atomic mass is 9.70. The summed E-state index contributed by atoms with van der Waals surface area (Å²) >= 11 is 0. The van der Waals surface area contributed by atoms with Crippen molar-refractivity contribution in [3.8, 4) is 0 Å². The highest BCUT2D eigenvalue weighted by Gasteiger charge is 2.53. The number of hydrogen-bond donors (Lipinski definition) is 3. The maximum Gasteiger partial charge on any atom is 0.303 e. The number of halogens is 2. The fourth-order valence-corrected chi connectivity index (χ4v) is 4.38. The number of aliphatic hydroxyl groups excluding tert-OH is 1. The van der Waals surface area contributed by atoms with Gasteiger partial charge in [0.2, 0.25) is 6.43 Å². The average molecular weight is 405 g/mol. The molecular formula is C22H38F2O4. The van der Waals surface area contributed by atoms with Gasteiger partial charge in [0, 0.05) is 11.8 Å². The lowest BCUT2D eigenvalue weighted by Gasteiger charge is -2.38. The molecule has 0 spiro atoms. The van der Waals surface area contributed by atoms with Crippen LogP contribution in [-0.2, 0) is 4.79 Å². The molecule has 1 unspecified atom stereocenters. The lowest BCUT2D eigenvalue weighted by molar-refractivity contribution is -0.137. The SMILES string of the molecule is CCCCCC(C)(O)CC[C@@]1(C(F)F)CC[C@H](O)[C@@H]1CC=CCCCC(=O)O. The monoisotopic (exact) mass is 404 g/mol. The molecule has 4 atom stereocenters. The minimum Gasteiger partial charge on any atom is -0.481 e. The Morgan fingerprint density at radius 2 is 1.96 bits per heavy atom. The molecule has 0 saturated heterocycles. The van der Waals surface area contributed by atoms with Crippen LogP contribution in [0.2, 0.25) is 0 Å². The zero-order chi connectivity index (χ0) is 21.2. The molecule has 4 nitrogen and oxygen atoms in total. The molecule has 0 aromatic carbocycles. The molecule has 1 aliphatic carbocycles. The summed E-state index contributed by atoms with van der Waals surface area (Å²) in [7, 11) is 0. The molecule has 0 aromatic rings. The first-order chi connectivity index (χ1) is 13.1. The number of carboxylic acid groups (broad SMARTS) is 1. The second kappa shape index (κ2) is 11.9. The third-order valence-electron chi connectivity index (χ3n) is 6.31. The van der Waals surface area contributed by atoms with Gasteiger partial charge < -0.3 is 15.3 Å². The molecule has 164 valence electrons. The number of aliphatic hydroxyl groups is 2. The Morgan fingerprint density at radius 3 is 2.57 bits per heavy atom. The van der Waals surface area contributed by atoms with E-state index in [1.165, 1.54) is 0 Å². The van der Waals surface area contributed by atoms with E-state index >= 15 is 0 Å². The summed E-state index contributed by atoms with van der Waals surface area (Å²) in [6, 6.07) is 0. The number of rotatable bonds is 14. The van der Waals surface area contributed by atoms with E-state index in [9.17, 15) is 23.8 Å². The van der Waals surface area contributed by atoms with E-state index in [4.69, 9.17) is 5.11 Å². The summed E-state index contributed by atoms with van der Waals surface area (Å²) in [6.07, 6.45) is 6.58. The number of unbranched alkanes of at least 4 members (excludes halogenated alkanes) is 3. The fourth-order valence-electron chi connectivity index (χ4n) is 4.38. The van der Waals surface area contributed by atoms with Crippen molar-refractivity contribution < 1.29 is 28.9 Å². The minimum absolute atomic E-state index is 0.0878. The second-order valence-electron chi connectivity index (χ2n) is 8.69. The van der Waals surface area contributed by atoms with Crippen LogP contribution >= 0.6 is 0 Å². The van der Waals surface area contributed by atoms with E-state index in [1.807, 2.05) is 6.08 Å². The highest BCUT2D eigenvalue weighted by molar-refractivity contribution is 5.66. The van der Waals surface area contributed by atoms with Crippen LogP contribution in [0.4, 0.5) is 8.78 Å². The number of aliphatic carboxylic acids is 1. The maximum absolute atomic E-state index is 14.1. The van der Waals surface area contributed by atoms with Crippen molar-refractivity contribution >= 4 is 5.97 Å². The van der Waals surface area contributed by atoms with Crippen LogP contribution in [0.3, 0.4) is 0 Å². The maximum atomic E-state index is 14.1. The molecule has 6 heteroatoms. The second-order valence-corrected chi connectivity index (χ2v) is 8.69. The van der Waals surface area contributed by atoms with E-state index < -0.39 is 35.4 Å². The van der Waals surface area contributed by atoms with Crippen LogP contribution in [0, 0.1) is 11.3 Å². The fraction of sp³-hybridized carbons (Fsp3) is 0.864.